The van der Waals surface area contributed by atoms with Crippen LogP contribution in [-0.2, 0) is 11.3 Å². The summed E-state index contributed by atoms with van der Waals surface area (Å²) >= 11 is 0. The Morgan fingerprint density at radius 1 is 1.53 bits per heavy atom. The lowest BCUT2D eigenvalue weighted by Gasteiger charge is -2.13. The first kappa shape index (κ1) is 10.9. The highest BCUT2D eigenvalue weighted by Gasteiger charge is 2.08. The van der Waals surface area contributed by atoms with Crippen LogP contribution in [0.4, 0.5) is 10.5 Å². The van der Waals surface area contributed by atoms with Crippen molar-refractivity contribution in [2.24, 2.45) is 4.99 Å². The van der Waals surface area contributed by atoms with Gasteiger partial charge in [-0.25, -0.2) is 9.59 Å². The summed E-state index contributed by atoms with van der Waals surface area (Å²) in [5, 5.41) is 8.68. The third-order valence-corrected chi connectivity index (χ3v) is 1.89. The molecule has 0 fully saturated rings. The maximum atomic E-state index is 10.6. The molecule has 1 aromatic rings. The zero-order valence-electron chi connectivity index (χ0n) is 8.17. The molecular weight excluding hydrogens is 196 g/mol. The molecule has 0 unspecified atom stereocenters. The Bertz CT molecular complexity index is 411. The van der Waals surface area contributed by atoms with Crippen LogP contribution in [0, 0.1) is 0 Å². The van der Waals surface area contributed by atoms with Gasteiger partial charge in [-0.2, -0.15) is 4.99 Å². The van der Waals surface area contributed by atoms with E-state index in [9.17, 15) is 9.59 Å². The minimum absolute atomic E-state index is 0.191. The van der Waals surface area contributed by atoms with Crippen molar-refractivity contribution in [2.75, 3.05) is 7.05 Å². The molecule has 1 aromatic carbocycles. The number of rotatable bonds is 3. The van der Waals surface area contributed by atoms with Crippen molar-refractivity contribution in [3.63, 3.8) is 0 Å². The van der Waals surface area contributed by atoms with Gasteiger partial charge in [-0.3, -0.25) is 0 Å². The molecule has 5 nitrogen and oxygen atoms in total. The number of para-hydroxylation sites is 1. The average molecular weight is 206 g/mol. The van der Waals surface area contributed by atoms with Crippen molar-refractivity contribution in [2.45, 2.75) is 6.54 Å². The fourth-order valence-corrected chi connectivity index (χ4v) is 1.13. The molecule has 0 atom stereocenters. The van der Waals surface area contributed by atoms with Crippen LogP contribution in [-0.4, -0.2) is 29.2 Å². The van der Waals surface area contributed by atoms with Crippen LogP contribution in [0.3, 0.4) is 0 Å². The highest BCUT2D eigenvalue weighted by atomic mass is 16.4. The van der Waals surface area contributed by atoms with Crippen molar-refractivity contribution in [1.29, 1.82) is 0 Å². The number of amides is 1. The maximum absolute atomic E-state index is 10.6. The molecular formula is C10H10N2O3. The third-order valence-electron chi connectivity index (χ3n) is 1.89. The number of carboxylic acid groups (broad SMARTS) is 1. The molecule has 0 saturated heterocycles. The summed E-state index contributed by atoms with van der Waals surface area (Å²) in [6.07, 6.45) is 0.408. The van der Waals surface area contributed by atoms with Crippen LogP contribution in [0.2, 0.25) is 0 Å². The summed E-state index contributed by atoms with van der Waals surface area (Å²) < 4.78 is 0. The molecule has 0 aliphatic rings. The predicted molar refractivity (Wildman–Crippen MR) is 53.7 cm³/mol. The average Bonchev–Trinajstić information content (AvgIpc) is 2.21. The Morgan fingerprint density at radius 3 is 2.80 bits per heavy atom. The summed E-state index contributed by atoms with van der Waals surface area (Å²) in [6.45, 7) is 0.191. The van der Waals surface area contributed by atoms with E-state index >= 15 is 0 Å². The predicted octanol–water partition coefficient (Wildman–Crippen LogP) is 1.76. The fraction of sp³-hybridized carbons (Fsp3) is 0.200. The molecule has 0 saturated carbocycles. The van der Waals surface area contributed by atoms with Gasteiger partial charge in [-0.05, 0) is 11.6 Å². The molecule has 0 heterocycles. The van der Waals surface area contributed by atoms with Crippen LogP contribution in [0.25, 0.3) is 0 Å². The maximum Gasteiger partial charge on any atom is 0.407 e. The number of aliphatic imine (C=N–C) groups is 1. The number of benzene rings is 1. The molecule has 1 amide bonds. The van der Waals surface area contributed by atoms with E-state index in [1.807, 2.05) is 0 Å². The molecule has 0 bridgehead atoms. The van der Waals surface area contributed by atoms with E-state index in [0.29, 0.717) is 11.3 Å². The Labute approximate surface area is 86.7 Å². The summed E-state index contributed by atoms with van der Waals surface area (Å²) in [4.78, 5) is 25.3. The Hall–Kier alpha value is -2.13. The molecule has 1 N–H and O–H groups in total. The molecule has 1 rings (SSSR count). The number of carbonyl (C=O) groups excluding carboxylic acids is 1. The minimum atomic E-state index is -1.03. The number of carbonyl (C=O) groups is 1. The van der Waals surface area contributed by atoms with Crippen molar-refractivity contribution < 1.29 is 14.7 Å². The molecule has 0 aromatic heterocycles. The summed E-state index contributed by atoms with van der Waals surface area (Å²) in [5.41, 5.74) is 1.12. The van der Waals surface area contributed by atoms with Crippen LogP contribution in [0.5, 0.6) is 0 Å². The molecule has 0 aliphatic heterocycles. The van der Waals surface area contributed by atoms with E-state index in [1.54, 1.807) is 24.3 Å². The second-order valence-corrected chi connectivity index (χ2v) is 2.97. The highest BCUT2D eigenvalue weighted by molar-refractivity contribution is 5.65. The van der Waals surface area contributed by atoms with Crippen molar-refractivity contribution in [3.05, 3.63) is 29.8 Å². The van der Waals surface area contributed by atoms with Crippen molar-refractivity contribution >= 4 is 17.9 Å². The number of hydrogen-bond acceptors (Lipinski definition) is 3. The van der Waals surface area contributed by atoms with E-state index in [2.05, 4.69) is 4.99 Å². The number of hydrogen-bond donors (Lipinski definition) is 1. The van der Waals surface area contributed by atoms with Gasteiger partial charge >= 0.3 is 6.09 Å². The lowest BCUT2D eigenvalue weighted by Crippen LogP contribution is -2.23. The lowest BCUT2D eigenvalue weighted by molar-refractivity contribution is 0.154. The molecule has 5 heteroatoms. The number of isocyanates is 1. The SMILES string of the molecule is CN(Cc1ccccc1N=C=O)C(=O)O. The molecule has 0 aliphatic carbocycles. The quantitative estimate of drug-likeness (QED) is 0.605. The van der Waals surface area contributed by atoms with Crippen molar-refractivity contribution in [1.82, 2.24) is 4.90 Å². The van der Waals surface area contributed by atoms with Crippen LogP contribution in [0.15, 0.2) is 29.3 Å². The second-order valence-electron chi connectivity index (χ2n) is 2.97. The van der Waals surface area contributed by atoms with Crippen LogP contribution in [0.1, 0.15) is 5.56 Å². The van der Waals surface area contributed by atoms with Crippen molar-refractivity contribution in [3.8, 4) is 0 Å². The van der Waals surface area contributed by atoms with E-state index in [1.165, 1.54) is 13.1 Å². The van der Waals surface area contributed by atoms with Gasteiger partial charge in [0.05, 0.1) is 12.2 Å². The second kappa shape index (κ2) is 4.93. The summed E-state index contributed by atoms with van der Waals surface area (Å²) in [7, 11) is 1.45. The molecule has 15 heavy (non-hydrogen) atoms. The zero-order chi connectivity index (χ0) is 11.3. The first-order valence-corrected chi connectivity index (χ1v) is 4.25. The largest absolute Gasteiger partial charge is 0.465 e. The van der Waals surface area contributed by atoms with Gasteiger partial charge in [-0.15, -0.1) is 0 Å². The topological polar surface area (TPSA) is 70.0 Å². The Balaban J connectivity index is 2.93. The number of nitrogens with zero attached hydrogens (tertiary/aromatic N) is 2. The highest BCUT2D eigenvalue weighted by Crippen LogP contribution is 2.19. The van der Waals surface area contributed by atoms with Gasteiger partial charge in [0, 0.05) is 7.05 Å². The van der Waals surface area contributed by atoms with E-state index in [-0.39, 0.29) is 6.54 Å². The summed E-state index contributed by atoms with van der Waals surface area (Å²) in [5.74, 6) is 0. The van der Waals surface area contributed by atoms with Gasteiger partial charge in [0.1, 0.15) is 0 Å². The smallest absolute Gasteiger partial charge is 0.407 e. The minimum Gasteiger partial charge on any atom is -0.465 e. The normalized spacial score (nSPS) is 9.13. The third kappa shape index (κ3) is 2.93. The van der Waals surface area contributed by atoms with E-state index < -0.39 is 6.09 Å². The molecule has 0 radical (unpaired) electrons. The van der Waals surface area contributed by atoms with E-state index in [4.69, 9.17) is 5.11 Å². The lowest BCUT2D eigenvalue weighted by atomic mass is 10.2. The molecule has 78 valence electrons. The van der Waals surface area contributed by atoms with Gasteiger partial charge in [-0.1, -0.05) is 18.2 Å². The summed E-state index contributed by atoms with van der Waals surface area (Å²) in [6, 6.07) is 6.83. The monoisotopic (exact) mass is 206 g/mol. The van der Waals surface area contributed by atoms with Crippen LogP contribution >= 0.6 is 0 Å². The fourth-order valence-electron chi connectivity index (χ4n) is 1.13. The molecule has 0 spiro atoms. The standard InChI is InChI=1S/C10H10N2O3/c1-12(10(14)15)6-8-4-2-3-5-9(8)11-7-13/h2-5H,6H2,1H3,(H,14,15). The van der Waals surface area contributed by atoms with Gasteiger partial charge in [0.25, 0.3) is 0 Å². The van der Waals surface area contributed by atoms with Gasteiger partial charge in [0.2, 0.25) is 6.08 Å². The first-order valence-electron chi connectivity index (χ1n) is 4.25. The van der Waals surface area contributed by atoms with Gasteiger partial charge in [0.15, 0.2) is 0 Å². The zero-order valence-corrected chi connectivity index (χ0v) is 8.17. The van der Waals surface area contributed by atoms with Gasteiger partial charge < -0.3 is 10.0 Å². The Morgan fingerprint density at radius 2 is 2.20 bits per heavy atom. The first-order chi connectivity index (χ1) is 7.15. The Kier molecular flexibility index (Phi) is 3.60. The van der Waals surface area contributed by atoms with Crippen LogP contribution < -0.4 is 0 Å². The van der Waals surface area contributed by atoms with E-state index in [0.717, 1.165) is 4.90 Å².